The van der Waals surface area contributed by atoms with Gasteiger partial charge < -0.3 is 10.1 Å². The van der Waals surface area contributed by atoms with Crippen molar-refractivity contribution in [3.05, 3.63) is 42.0 Å². The summed E-state index contributed by atoms with van der Waals surface area (Å²) < 4.78 is 4.70. The van der Waals surface area contributed by atoms with E-state index in [1.165, 1.54) is 6.92 Å². The molecule has 0 fully saturated rings. The molecule has 0 radical (unpaired) electrons. The van der Waals surface area contributed by atoms with E-state index in [-0.39, 0.29) is 18.5 Å². The Bertz CT molecular complexity index is 409. The zero-order valence-electron chi connectivity index (χ0n) is 9.73. The number of carbonyl (C=O) groups is 2. The SMILES string of the molecule is C=Cc1ccc(C(=O)NCCOC(C)=O)cc1. The van der Waals surface area contributed by atoms with Crippen LogP contribution in [0, 0.1) is 0 Å². The molecule has 1 aromatic rings. The van der Waals surface area contributed by atoms with Gasteiger partial charge in [0.1, 0.15) is 6.61 Å². The van der Waals surface area contributed by atoms with Crippen molar-refractivity contribution in [2.45, 2.75) is 6.92 Å². The maximum Gasteiger partial charge on any atom is 0.302 e. The zero-order chi connectivity index (χ0) is 12.7. The number of amides is 1. The van der Waals surface area contributed by atoms with Crippen LogP contribution in [-0.4, -0.2) is 25.0 Å². The Kier molecular flexibility index (Phi) is 4.94. The van der Waals surface area contributed by atoms with Gasteiger partial charge >= 0.3 is 5.97 Å². The molecular formula is C13H15NO3. The van der Waals surface area contributed by atoms with Gasteiger partial charge in [-0.05, 0) is 17.7 Å². The van der Waals surface area contributed by atoms with Crippen LogP contribution in [0.2, 0.25) is 0 Å². The molecule has 1 N–H and O–H groups in total. The summed E-state index contributed by atoms with van der Waals surface area (Å²) in [5.74, 6) is -0.539. The lowest BCUT2D eigenvalue weighted by Crippen LogP contribution is -2.27. The summed E-state index contributed by atoms with van der Waals surface area (Å²) in [6, 6.07) is 7.07. The van der Waals surface area contributed by atoms with E-state index in [2.05, 4.69) is 11.9 Å². The topological polar surface area (TPSA) is 55.4 Å². The van der Waals surface area contributed by atoms with Crippen molar-refractivity contribution in [1.82, 2.24) is 5.32 Å². The molecule has 0 spiro atoms. The minimum atomic E-state index is -0.352. The van der Waals surface area contributed by atoms with E-state index in [4.69, 9.17) is 4.74 Å². The van der Waals surface area contributed by atoms with Crippen LogP contribution in [0.5, 0.6) is 0 Å². The number of benzene rings is 1. The molecule has 0 aliphatic rings. The van der Waals surface area contributed by atoms with E-state index in [1.807, 2.05) is 12.1 Å². The highest BCUT2D eigenvalue weighted by Gasteiger charge is 2.04. The molecule has 0 aromatic heterocycles. The monoisotopic (exact) mass is 233 g/mol. The normalized spacial score (nSPS) is 9.47. The first-order valence-corrected chi connectivity index (χ1v) is 5.27. The fourth-order valence-corrected chi connectivity index (χ4v) is 1.23. The van der Waals surface area contributed by atoms with Crippen molar-refractivity contribution < 1.29 is 14.3 Å². The predicted octanol–water partition coefficient (Wildman–Crippen LogP) is 1.62. The highest BCUT2D eigenvalue weighted by atomic mass is 16.5. The van der Waals surface area contributed by atoms with Gasteiger partial charge in [-0.15, -0.1) is 0 Å². The van der Waals surface area contributed by atoms with Crippen LogP contribution < -0.4 is 5.32 Å². The third-order valence-corrected chi connectivity index (χ3v) is 2.10. The highest BCUT2D eigenvalue weighted by molar-refractivity contribution is 5.94. The standard InChI is InChI=1S/C13H15NO3/c1-3-11-4-6-12(7-5-11)13(16)14-8-9-17-10(2)15/h3-7H,1,8-9H2,2H3,(H,14,16). The largest absolute Gasteiger partial charge is 0.464 e. The molecule has 0 heterocycles. The summed E-state index contributed by atoms with van der Waals surface area (Å²) in [4.78, 5) is 22.1. The molecule has 1 amide bonds. The molecule has 0 saturated heterocycles. The van der Waals surface area contributed by atoms with Gasteiger partial charge in [0, 0.05) is 12.5 Å². The minimum Gasteiger partial charge on any atom is -0.464 e. The third-order valence-electron chi connectivity index (χ3n) is 2.10. The van der Waals surface area contributed by atoms with Crippen LogP contribution in [-0.2, 0) is 9.53 Å². The number of hydrogen-bond donors (Lipinski definition) is 1. The quantitative estimate of drug-likeness (QED) is 0.621. The van der Waals surface area contributed by atoms with E-state index in [9.17, 15) is 9.59 Å². The van der Waals surface area contributed by atoms with Gasteiger partial charge in [0.15, 0.2) is 0 Å². The van der Waals surface area contributed by atoms with Gasteiger partial charge in [-0.2, -0.15) is 0 Å². The summed E-state index contributed by atoms with van der Waals surface area (Å²) in [6.07, 6.45) is 1.71. The molecule has 4 heteroatoms. The van der Waals surface area contributed by atoms with Gasteiger partial charge in [0.25, 0.3) is 5.91 Å². The van der Waals surface area contributed by atoms with Gasteiger partial charge in [-0.1, -0.05) is 24.8 Å². The number of rotatable bonds is 5. The Morgan fingerprint density at radius 2 is 2.00 bits per heavy atom. The maximum absolute atomic E-state index is 11.6. The second-order valence-corrected chi connectivity index (χ2v) is 3.42. The molecule has 0 bridgehead atoms. The fraction of sp³-hybridized carbons (Fsp3) is 0.231. The van der Waals surface area contributed by atoms with Crippen molar-refractivity contribution in [3.63, 3.8) is 0 Å². The van der Waals surface area contributed by atoms with Crippen LogP contribution in [0.15, 0.2) is 30.8 Å². The Labute approximate surface area is 100 Å². The fourth-order valence-electron chi connectivity index (χ4n) is 1.23. The van der Waals surface area contributed by atoms with E-state index >= 15 is 0 Å². The number of esters is 1. The first-order chi connectivity index (χ1) is 8.13. The number of nitrogens with one attached hydrogen (secondary N) is 1. The molecule has 90 valence electrons. The minimum absolute atomic E-state index is 0.186. The smallest absolute Gasteiger partial charge is 0.302 e. The van der Waals surface area contributed by atoms with Crippen LogP contribution in [0.25, 0.3) is 6.08 Å². The van der Waals surface area contributed by atoms with E-state index in [0.29, 0.717) is 12.1 Å². The predicted molar refractivity (Wildman–Crippen MR) is 65.5 cm³/mol. The second-order valence-electron chi connectivity index (χ2n) is 3.42. The molecule has 1 rings (SSSR count). The zero-order valence-corrected chi connectivity index (χ0v) is 9.73. The first-order valence-electron chi connectivity index (χ1n) is 5.27. The lowest BCUT2D eigenvalue weighted by molar-refractivity contribution is -0.140. The van der Waals surface area contributed by atoms with E-state index in [0.717, 1.165) is 5.56 Å². The summed E-state index contributed by atoms with van der Waals surface area (Å²) in [5, 5.41) is 2.65. The maximum atomic E-state index is 11.6. The van der Waals surface area contributed by atoms with Crippen molar-refractivity contribution in [1.29, 1.82) is 0 Å². The lowest BCUT2D eigenvalue weighted by Gasteiger charge is -2.05. The van der Waals surface area contributed by atoms with Crippen LogP contribution >= 0.6 is 0 Å². The molecule has 0 saturated carbocycles. The van der Waals surface area contributed by atoms with E-state index < -0.39 is 0 Å². The Hall–Kier alpha value is -2.10. The van der Waals surface area contributed by atoms with Crippen molar-refractivity contribution in [2.24, 2.45) is 0 Å². The van der Waals surface area contributed by atoms with Gasteiger partial charge in [0.05, 0.1) is 6.54 Å². The molecule has 0 atom stereocenters. The van der Waals surface area contributed by atoms with Gasteiger partial charge in [0.2, 0.25) is 0 Å². The van der Waals surface area contributed by atoms with Crippen LogP contribution in [0.3, 0.4) is 0 Å². The molecule has 1 aromatic carbocycles. The average molecular weight is 233 g/mol. The van der Waals surface area contributed by atoms with Crippen molar-refractivity contribution in [3.8, 4) is 0 Å². The van der Waals surface area contributed by atoms with Crippen molar-refractivity contribution >= 4 is 18.0 Å². The molecular weight excluding hydrogens is 218 g/mol. The van der Waals surface area contributed by atoms with Gasteiger partial charge in [-0.3, -0.25) is 9.59 Å². The Morgan fingerprint density at radius 3 is 2.53 bits per heavy atom. The summed E-state index contributed by atoms with van der Waals surface area (Å²) in [5.41, 5.74) is 1.53. The molecule has 4 nitrogen and oxygen atoms in total. The molecule has 17 heavy (non-hydrogen) atoms. The summed E-state index contributed by atoms with van der Waals surface area (Å²) >= 11 is 0. The highest BCUT2D eigenvalue weighted by Crippen LogP contribution is 2.05. The summed E-state index contributed by atoms with van der Waals surface area (Å²) in [6.45, 7) is 5.46. The number of hydrogen-bond acceptors (Lipinski definition) is 3. The lowest BCUT2D eigenvalue weighted by atomic mass is 10.1. The van der Waals surface area contributed by atoms with E-state index in [1.54, 1.807) is 18.2 Å². The molecule has 0 aliphatic heterocycles. The molecule has 0 aliphatic carbocycles. The average Bonchev–Trinajstić information content (AvgIpc) is 2.34. The number of ether oxygens (including phenoxy) is 1. The Balaban J connectivity index is 2.41. The first kappa shape index (κ1) is 13.0. The van der Waals surface area contributed by atoms with Gasteiger partial charge in [-0.25, -0.2) is 0 Å². The second kappa shape index (κ2) is 6.48. The third kappa shape index (κ3) is 4.51. The van der Waals surface area contributed by atoms with Crippen LogP contribution in [0.4, 0.5) is 0 Å². The van der Waals surface area contributed by atoms with Crippen LogP contribution in [0.1, 0.15) is 22.8 Å². The Morgan fingerprint density at radius 1 is 1.35 bits per heavy atom. The van der Waals surface area contributed by atoms with Crippen molar-refractivity contribution in [2.75, 3.05) is 13.2 Å². The molecule has 0 unspecified atom stereocenters. The summed E-state index contributed by atoms with van der Waals surface area (Å²) in [7, 11) is 0. The number of carbonyl (C=O) groups excluding carboxylic acids is 2.